The zero-order valence-corrected chi connectivity index (χ0v) is 13.9. The lowest BCUT2D eigenvalue weighted by atomic mass is 9.78. The van der Waals surface area contributed by atoms with Crippen LogP contribution in [0.4, 0.5) is 0 Å². The fourth-order valence-electron chi connectivity index (χ4n) is 5.03. The number of ether oxygens (including phenoxy) is 3. The van der Waals surface area contributed by atoms with Gasteiger partial charge in [0.05, 0.1) is 11.8 Å². The van der Waals surface area contributed by atoms with Gasteiger partial charge in [-0.25, -0.2) is 0 Å². The summed E-state index contributed by atoms with van der Waals surface area (Å²) >= 11 is 0. The summed E-state index contributed by atoms with van der Waals surface area (Å²) in [6.45, 7) is 3.23. The van der Waals surface area contributed by atoms with Crippen molar-refractivity contribution in [1.82, 2.24) is 0 Å². The van der Waals surface area contributed by atoms with Crippen molar-refractivity contribution in [3.63, 3.8) is 0 Å². The van der Waals surface area contributed by atoms with Crippen LogP contribution in [0, 0.1) is 23.7 Å². The molecule has 3 fully saturated rings. The summed E-state index contributed by atoms with van der Waals surface area (Å²) in [5, 5.41) is 0. The first kappa shape index (κ1) is 15.7. The van der Waals surface area contributed by atoms with Gasteiger partial charge in [0.1, 0.15) is 17.8 Å². The first-order valence-corrected chi connectivity index (χ1v) is 8.68. The van der Waals surface area contributed by atoms with Gasteiger partial charge in [-0.2, -0.15) is 0 Å². The van der Waals surface area contributed by atoms with Gasteiger partial charge in [0.25, 0.3) is 0 Å². The van der Waals surface area contributed by atoms with Gasteiger partial charge in [-0.15, -0.1) is 0 Å². The van der Waals surface area contributed by atoms with Crippen LogP contribution in [0.2, 0.25) is 0 Å². The summed E-state index contributed by atoms with van der Waals surface area (Å²) in [4.78, 5) is 36.5. The van der Waals surface area contributed by atoms with Crippen LogP contribution >= 0.6 is 0 Å². The minimum absolute atomic E-state index is 0.0425. The number of allylic oxidation sites excluding steroid dienone is 1. The molecule has 2 bridgehead atoms. The Morgan fingerprint density at radius 3 is 2.79 bits per heavy atom. The second-order valence-electron chi connectivity index (χ2n) is 7.62. The number of hydrogen-bond acceptors (Lipinski definition) is 6. The zero-order chi connectivity index (χ0) is 17.1. The van der Waals surface area contributed by atoms with E-state index in [0.29, 0.717) is 6.42 Å². The van der Waals surface area contributed by atoms with Crippen molar-refractivity contribution in [2.45, 2.75) is 57.3 Å². The summed E-state index contributed by atoms with van der Waals surface area (Å²) in [6, 6.07) is 0. The molecule has 6 heteroatoms. The van der Waals surface area contributed by atoms with Gasteiger partial charge >= 0.3 is 17.9 Å². The van der Waals surface area contributed by atoms with Crippen molar-refractivity contribution in [2.75, 3.05) is 0 Å². The molecule has 1 heterocycles. The smallest absolute Gasteiger partial charge is 0.311 e. The van der Waals surface area contributed by atoms with E-state index in [2.05, 4.69) is 0 Å². The molecule has 1 saturated heterocycles. The van der Waals surface area contributed by atoms with Gasteiger partial charge in [-0.1, -0.05) is 6.08 Å². The van der Waals surface area contributed by atoms with E-state index < -0.39 is 35.6 Å². The molecule has 4 rings (SSSR count). The number of carbonyl (C=O) groups excluding carboxylic acids is 3. The summed E-state index contributed by atoms with van der Waals surface area (Å²) in [7, 11) is 0. The third kappa shape index (κ3) is 2.26. The maximum atomic E-state index is 12.9. The van der Waals surface area contributed by atoms with Gasteiger partial charge in [0, 0.05) is 18.8 Å². The minimum atomic E-state index is -0.615. The molecule has 0 N–H and O–H groups in total. The van der Waals surface area contributed by atoms with E-state index in [1.807, 2.05) is 19.1 Å². The second kappa shape index (κ2) is 5.33. The second-order valence-corrected chi connectivity index (χ2v) is 7.62. The van der Waals surface area contributed by atoms with E-state index in [4.69, 9.17) is 14.2 Å². The van der Waals surface area contributed by atoms with Gasteiger partial charge < -0.3 is 14.2 Å². The van der Waals surface area contributed by atoms with Gasteiger partial charge in [0.15, 0.2) is 0 Å². The highest BCUT2D eigenvalue weighted by molar-refractivity contribution is 5.86. The highest BCUT2D eigenvalue weighted by atomic mass is 16.6. The van der Waals surface area contributed by atoms with Crippen LogP contribution < -0.4 is 0 Å². The molecule has 0 aromatic rings. The molecule has 0 radical (unpaired) electrons. The van der Waals surface area contributed by atoms with Crippen LogP contribution in [0.1, 0.15) is 39.5 Å². The Kier molecular flexibility index (Phi) is 3.48. The Morgan fingerprint density at radius 2 is 2.12 bits per heavy atom. The Bertz CT molecular complexity index is 625. The molecule has 3 aliphatic carbocycles. The number of esters is 3. The molecule has 6 nitrogen and oxygen atoms in total. The highest BCUT2D eigenvalue weighted by Crippen LogP contribution is 2.59. The quantitative estimate of drug-likeness (QED) is 0.445. The van der Waals surface area contributed by atoms with Crippen LogP contribution in [-0.4, -0.2) is 35.7 Å². The topological polar surface area (TPSA) is 78.9 Å². The number of fused-ring (bicyclic) bond motifs is 1. The first-order chi connectivity index (χ1) is 11.4. The average molecular weight is 334 g/mol. The molecule has 1 aliphatic heterocycles. The minimum Gasteiger partial charge on any atom is -0.458 e. The van der Waals surface area contributed by atoms with Crippen LogP contribution in [0.3, 0.4) is 0 Å². The number of hydrogen-bond donors (Lipinski definition) is 0. The molecule has 7 atom stereocenters. The summed E-state index contributed by atoms with van der Waals surface area (Å²) in [5.74, 6) is -2.39. The molecule has 0 aromatic carbocycles. The Labute approximate surface area is 140 Å². The molecule has 0 aromatic heterocycles. The maximum absolute atomic E-state index is 12.9. The van der Waals surface area contributed by atoms with Gasteiger partial charge in [-0.3, -0.25) is 14.4 Å². The predicted octanol–water partition coefficient (Wildman–Crippen LogP) is 1.77. The molecule has 4 aliphatic rings. The summed E-state index contributed by atoms with van der Waals surface area (Å²) in [6.07, 6.45) is 6.45. The fraction of sp³-hybridized carbons (Fsp3) is 0.722. The van der Waals surface area contributed by atoms with Gasteiger partial charge in [0.2, 0.25) is 0 Å². The largest absolute Gasteiger partial charge is 0.458 e. The van der Waals surface area contributed by atoms with E-state index in [-0.39, 0.29) is 23.8 Å². The molecule has 7 unspecified atom stereocenters. The van der Waals surface area contributed by atoms with Crippen molar-refractivity contribution in [1.29, 1.82) is 0 Å². The van der Waals surface area contributed by atoms with Crippen LogP contribution in [0.5, 0.6) is 0 Å². The maximum Gasteiger partial charge on any atom is 0.311 e. The fourth-order valence-corrected chi connectivity index (χ4v) is 5.03. The Hall–Kier alpha value is -1.85. The number of rotatable bonds is 3. The first-order valence-electron chi connectivity index (χ1n) is 8.68. The predicted molar refractivity (Wildman–Crippen MR) is 81.5 cm³/mol. The van der Waals surface area contributed by atoms with E-state index in [1.54, 1.807) is 0 Å². The van der Waals surface area contributed by atoms with Crippen molar-refractivity contribution in [2.24, 2.45) is 23.7 Å². The van der Waals surface area contributed by atoms with Crippen molar-refractivity contribution >= 4 is 17.9 Å². The van der Waals surface area contributed by atoms with E-state index in [9.17, 15) is 14.4 Å². The molecule has 2 saturated carbocycles. The number of carbonyl (C=O) groups is 3. The molecule has 0 amide bonds. The third-order valence-corrected chi connectivity index (χ3v) is 5.97. The van der Waals surface area contributed by atoms with Crippen LogP contribution in [0.25, 0.3) is 0 Å². The van der Waals surface area contributed by atoms with Crippen LogP contribution in [0.15, 0.2) is 12.2 Å². The summed E-state index contributed by atoms with van der Waals surface area (Å²) < 4.78 is 16.6. The highest BCUT2D eigenvalue weighted by Gasteiger charge is 2.70. The van der Waals surface area contributed by atoms with E-state index in [1.165, 1.54) is 6.92 Å². The molecule has 130 valence electrons. The van der Waals surface area contributed by atoms with Crippen molar-refractivity contribution < 1.29 is 28.6 Å². The third-order valence-electron chi connectivity index (χ3n) is 5.97. The average Bonchev–Trinajstić information content (AvgIpc) is 3.10. The molecule has 0 spiro atoms. The van der Waals surface area contributed by atoms with Crippen molar-refractivity contribution in [3.8, 4) is 0 Å². The molecule has 24 heavy (non-hydrogen) atoms. The SMILES string of the molecule is CC(=O)OC1C2CC3C1OC(=O)C3C2C(=O)OC1(C)C=CCCC1. The molecular formula is C18H22O6. The normalized spacial score (nSPS) is 45.2. The standard InChI is InChI=1S/C18H22O6/c1-9(19)22-14-11-8-10-12(16(20)23-15(10)14)13(11)17(21)24-18(2)6-4-3-5-7-18/h4,6,10-15H,3,5,7-8H2,1-2H3. The van der Waals surface area contributed by atoms with Crippen molar-refractivity contribution in [3.05, 3.63) is 12.2 Å². The monoisotopic (exact) mass is 334 g/mol. The lowest BCUT2D eigenvalue weighted by Gasteiger charge is -2.34. The lowest BCUT2D eigenvalue weighted by Crippen LogP contribution is -2.45. The van der Waals surface area contributed by atoms with Gasteiger partial charge in [-0.05, 0) is 38.7 Å². The molecular weight excluding hydrogens is 312 g/mol. The van der Waals surface area contributed by atoms with Crippen LogP contribution in [-0.2, 0) is 28.6 Å². The lowest BCUT2D eigenvalue weighted by molar-refractivity contribution is -0.170. The van der Waals surface area contributed by atoms with E-state index in [0.717, 1.165) is 19.3 Å². The zero-order valence-electron chi connectivity index (χ0n) is 13.9. The Morgan fingerprint density at radius 1 is 1.33 bits per heavy atom. The summed E-state index contributed by atoms with van der Waals surface area (Å²) in [5.41, 5.74) is -0.615. The van der Waals surface area contributed by atoms with E-state index >= 15 is 0 Å². The Balaban J connectivity index is 1.57.